The number of rotatable bonds is 5. The summed E-state index contributed by atoms with van der Waals surface area (Å²) in [5.41, 5.74) is 2.40. The molecule has 32 heavy (non-hydrogen) atoms. The van der Waals surface area contributed by atoms with Crippen molar-refractivity contribution in [1.29, 1.82) is 0 Å². The Morgan fingerprint density at radius 2 is 1.56 bits per heavy atom. The fourth-order valence-electron chi connectivity index (χ4n) is 3.05. The third-order valence-corrected chi connectivity index (χ3v) is 4.80. The van der Waals surface area contributed by atoms with E-state index in [1.807, 2.05) is 43.3 Å². The molecule has 0 fully saturated rings. The van der Waals surface area contributed by atoms with Gasteiger partial charge < -0.3 is 9.32 Å². The lowest BCUT2D eigenvalue weighted by Gasteiger charge is -2.15. The van der Waals surface area contributed by atoms with Crippen molar-refractivity contribution in [2.45, 2.75) is 6.18 Å². The highest BCUT2D eigenvalue weighted by Crippen LogP contribution is 2.37. The van der Waals surface area contributed by atoms with Gasteiger partial charge in [0.1, 0.15) is 5.69 Å². The first-order valence-electron chi connectivity index (χ1n) is 9.53. The van der Waals surface area contributed by atoms with E-state index in [0.29, 0.717) is 5.69 Å². The topological polar surface area (TPSA) is 67.9 Å². The summed E-state index contributed by atoms with van der Waals surface area (Å²) >= 11 is 0. The van der Waals surface area contributed by atoms with Crippen molar-refractivity contribution >= 4 is 5.70 Å². The Morgan fingerprint density at radius 3 is 2.25 bits per heavy atom. The van der Waals surface area contributed by atoms with E-state index in [2.05, 4.69) is 26.7 Å². The smallest absolute Gasteiger partial charge is 0.415 e. The molecule has 9 heteroatoms. The molecule has 2 aromatic heterocycles. The molecule has 2 heterocycles. The molecule has 0 aliphatic heterocycles. The van der Waals surface area contributed by atoms with Crippen LogP contribution >= 0.6 is 0 Å². The molecule has 0 aliphatic rings. The van der Waals surface area contributed by atoms with Crippen LogP contribution in [-0.2, 0) is 6.18 Å². The molecular weight excluding hydrogens is 419 g/mol. The molecule has 4 aromatic rings. The predicted molar refractivity (Wildman–Crippen MR) is 114 cm³/mol. The van der Waals surface area contributed by atoms with Crippen LogP contribution in [0.3, 0.4) is 0 Å². The molecule has 0 N–H and O–H groups in total. The van der Waals surface area contributed by atoms with Crippen molar-refractivity contribution in [3.8, 4) is 34.3 Å². The second kappa shape index (κ2) is 8.26. The molecule has 0 bridgehead atoms. The lowest BCUT2D eigenvalue weighted by molar-refractivity contribution is -0.137. The van der Waals surface area contributed by atoms with E-state index in [4.69, 9.17) is 4.42 Å². The van der Waals surface area contributed by atoms with Crippen LogP contribution in [0, 0.1) is 0 Å². The van der Waals surface area contributed by atoms with Gasteiger partial charge in [0.2, 0.25) is 5.89 Å². The number of aromatic nitrogens is 4. The summed E-state index contributed by atoms with van der Waals surface area (Å²) < 4.78 is 45.4. The number of alkyl halides is 3. The van der Waals surface area contributed by atoms with Crippen molar-refractivity contribution in [3.05, 3.63) is 78.6 Å². The third-order valence-electron chi connectivity index (χ3n) is 4.80. The average Bonchev–Trinajstić information content (AvgIpc) is 3.28. The summed E-state index contributed by atoms with van der Waals surface area (Å²) in [4.78, 5) is 10.6. The van der Waals surface area contributed by atoms with Crippen LogP contribution in [0.1, 0.15) is 11.1 Å². The van der Waals surface area contributed by atoms with Crippen LogP contribution < -0.4 is 0 Å². The number of halogens is 3. The van der Waals surface area contributed by atoms with Crippen molar-refractivity contribution < 1.29 is 17.6 Å². The number of hydrogen-bond acceptors (Lipinski definition) is 6. The Balaban J connectivity index is 1.65. The van der Waals surface area contributed by atoms with Gasteiger partial charge in [-0.2, -0.15) is 13.2 Å². The van der Waals surface area contributed by atoms with Crippen LogP contribution in [0.4, 0.5) is 13.2 Å². The van der Waals surface area contributed by atoms with Gasteiger partial charge in [-0.25, -0.2) is 4.98 Å². The second-order valence-electron chi connectivity index (χ2n) is 7.16. The first-order chi connectivity index (χ1) is 15.2. The largest absolute Gasteiger partial charge is 0.417 e. The zero-order valence-corrected chi connectivity index (χ0v) is 17.3. The molecule has 0 radical (unpaired) electrons. The van der Waals surface area contributed by atoms with Crippen LogP contribution in [0.2, 0.25) is 0 Å². The van der Waals surface area contributed by atoms with E-state index in [1.54, 1.807) is 6.20 Å². The fourth-order valence-corrected chi connectivity index (χ4v) is 3.05. The quantitative estimate of drug-likeness (QED) is 0.416. The van der Waals surface area contributed by atoms with Gasteiger partial charge in [-0.05, 0) is 17.7 Å². The first kappa shape index (κ1) is 21.2. The zero-order chi connectivity index (χ0) is 22.9. The Morgan fingerprint density at radius 1 is 0.906 bits per heavy atom. The molecule has 162 valence electrons. The van der Waals surface area contributed by atoms with Gasteiger partial charge in [-0.15, -0.1) is 10.2 Å². The van der Waals surface area contributed by atoms with Gasteiger partial charge in [-0.3, -0.25) is 4.98 Å². The molecule has 0 atom stereocenters. The van der Waals surface area contributed by atoms with Crippen LogP contribution in [0.25, 0.3) is 40.0 Å². The Labute approximate surface area is 182 Å². The van der Waals surface area contributed by atoms with E-state index < -0.39 is 11.7 Å². The Kier molecular flexibility index (Phi) is 5.48. The van der Waals surface area contributed by atoms with Gasteiger partial charge in [0.25, 0.3) is 5.89 Å². The van der Waals surface area contributed by atoms with Gasteiger partial charge in [0, 0.05) is 25.4 Å². The normalized spacial score (nSPS) is 11.4. The summed E-state index contributed by atoms with van der Waals surface area (Å²) in [5, 5.41) is 7.66. The summed E-state index contributed by atoms with van der Waals surface area (Å²) in [6.45, 7) is 4.03. The lowest BCUT2D eigenvalue weighted by Crippen LogP contribution is -2.08. The molecule has 4 rings (SSSR count). The van der Waals surface area contributed by atoms with Crippen LogP contribution in [-0.4, -0.2) is 39.2 Å². The van der Waals surface area contributed by atoms with Crippen molar-refractivity contribution in [2.75, 3.05) is 14.1 Å². The molecule has 0 saturated heterocycles. The van der Waals surface area contributed by atoms with Crippen molar-refractivity contribution in [1.82, 2.24) is 25.1 Å². The fraction of sp³-hybridized carbons (Fsp3) is 0.130. The maximum Gasteiger partial charge on any atom is 0.417 e. The summed E-state index contributed by atoms with van der Waals surface area (Å²) in [7, 11) is 3.83. The average molecular weight is 437 g/mol. The van der Waals surface area contributed by atoms with E-state index in [0.717, 1.165) is 22.9 Å². The number of nitrogens with zero attached hydrogens (tertiary/aromatic N) is 5. The van der Waals surface area contributed by atoms with Gasteiger partial charge >= 0.3 is 6.18 Å². The molecule has 0 saturated carbocycles. The summed E-state index contributed by atoms with van der Waals surface area (Å²) in [6, 6.07) is 12.6. The summed E-state index contributed by atoms with van der Waals surface area (Å²) in [6.07, 6.45) is -1.55. The molecule has 0 unspecified atom stereocenters. The Hall–Kier alpha value is -4.01. The van der Waals surface area contributed by atoms with Gasteiger partial charge in [0.05, 0.1) is 29.2 Å². The minimum Gasteiger partial charge on any atom is -0.415 e. The minimum atomic E-state index is -4.55. The third kappa shape index (κ3) is 4.22. The van der Waals surface area contributed by atoms with Gasteiger partial charge in [0.15, 0.2) is 0 Å². The SMILES string of the molecule is C=C(c1ccc(-c2cncc(-c3nnc(-c4ccccc4C(F)(F)F)o3)n2)cc1)N(C)C. The highest BCUT2D eigenvalue weighted by atomic mass is 19.4. The lowest BCUT2D eigenvalue weighted by atomic mass is 10.1. The number of hydrogen-bond donors (Lipinski definition) is 0. The maximum absolute atomic E-state index is 13.3. The molecule has 6 nitrogen and oxygen atoms in total. The predicted octanol–water partition coefficient (Wildman–Crippen LogP) is 5.41. The zero-order valence-electron chi connectivity index (χ0n) is 17.3. The highest BCUT2D eigenvalue weighted by Gasteiger charge is 2.34. The van der Waals surface area contributed by atoms with E-state index in [-0.39, 0.29) is 23.0 Å². The van der Waals surface area contributed by atoms with E-state index in [1.165, 1.54) is 24.4 Å². The monoisotopic (exact) mass is 437 g/mol. The molecule has 2 aromatic carbocycles. The first-order valence-corrected chi connectivity index (χ1v) is 9.53. The molecule has 0 amide bonds. The molecular formula is C23H18F3N5O. The maximum atomic E-state index is 13.3. The number of benzene rings is 2. The minimum absolute atomic E-state index is 0.0241. The summed E-state index contributed by atoms with van der Waals surface area (Å²) in [5.74, 6) is -0.268. The van der Waals surface area contributed by atoms with E-state index >= 15 is 0 Å². The standard InChI is InChI=1S/C23H18F3N5O/c1-14(31(2)3)15-8-10-16(11-9-15)19-12-27-13-20(28-19)22-30-29-21(32-22)17-6-4-5-7-18(17)23(24,25)26/h4-13H,1H2,2-3H3. The van der Waals surface area contributed by atoms with Crippen molar-refractivity contribution in [2.24, 2.45) is 0 Å². The van der Waals surface area contributed by atoms with Crippen molar-refractivity contribution in [3.63, 3.8) is 0 Å². The van der Waals surface area contributed by atoms with Crippen LogP contribution in [0.15, 0.2) is 71.9 Å². The van der Waals surface area contributed by atoms with E-state index in [9.17, 15) is 13.2 Å². The molecule has 0 spiro atoms. The van der Waals surface area contributed by atoms with Crippen LogP contribution in [0.5, 0.6) is 0 Å². The second-order valence-corrected chi connectivity index (χ2v) is 7.16. The Bertz CT molecular complexity index is 1260. The van der Waals surface area contributed by atoms with Gasteiger partial charge in [-0.1, -0.05) is 43.0 Å². The highest BCUT2D eigenvalue weighted by molar-refractivity contribution is 5.67. The molecule has 0 aliphatic carbocycles.